The van der Waals surface area contributed by atoms with Crippen LogP contribution >= 0.6 is 12.4 Å². The van der Waals surface area contributed by atoms with Crippen LogP contribution in [0.4, 0.5) is 0 Å². The number of piperidine rings is 1. The molecular weight excluding hydrogens is 304 g/mol. The van der Waals surface area contributed by atoms with E-state index in [1.54, 1.807) is 7.11 Å². The Kier molecular flexibility index (Phi) is 11.0. The van der Waals surface area contributed by atoms with Crippen molar-refractivity contribution < 1.29 is 14.6 Å². The molecule has 0 aliphatic carbocycles. The highest BCUT2D eigenvalue weighted by molar-refractivity contribution is 5.85. The topological polar surface area (TPSA) is 70.6 Å². The summed E-state index contributed by atoms with van der Waals surface area (Å²) in [5.41, 5.74) is -0.387. The average molecular weight is 337 g/mol. The largest absolute Gasteiger partial charge is 0.396 e. The highest BCUT2D eigenvalue weighted by atomic mass is 35.5. The molecule has 0 radical (unpaired) electrons. The summed E-state index contributed by atoms with van der Waals surface area (Å²) in [5.74, 6) is 1.03. The molecule has 1 aliphatic heterocycles. The molecule has 1 atom stereocenters. The van der Waals surface area contributed by atoms with Gasteiger partial charge in [0.1, 0.15) is 0 Å². The van der Waals surface area contributed by atoms with Gasteiger partial charge in [0, 0.05) is 20.3 Å². The number of hydrogen-bond acceptors (Lipinski definition) is 4. The van der Waals surface area contributed by atoms with E-state index >= 15 is 0 Å². The monoisotopic (exact) mass is 336 g/mol. The van der Waals surface area contributed by atoms with Gasteiger partial charge in [-0.15, -0.1) is 12.4 Å². The van der Waals surface area contributed by atoms with Gasteiger partial charge in [-0.1, -0.05) is 13.8 Å². The normalized spacial score (nSPS) is 18.6. The smallest absolute Gasteiger partial charge is 0.228 e. The van der Waals surface area contributed by atoms with Crippen LogP contribution < -0.4 is 10.6 Å². The van der Waals surface area contributed by atoms with Gasteiger partial charge >= 0.3 is 0 Å². The van der Waals surface area contributed by atoms with E-state index < -0.39 is 0 Å². The Labute approximate surface area is 141 Å². The Hall–Kier alpha value is -0.360. The molecule has 0 aromatic carbocycles. The Morgan fingerprint density at radius 1 is 1.36 bits per heavy atom. The summed E-state index contributed by atoms with van der Waals surface area (Å²) in [5, 5.41) is 15.6. The van der Waals surface area contributed by atoms with Crippen molar-refractivity contribution in [2.75, 3.05) is 40.0 Å². The Morgan fingerprint density at radius 2 is 2.00 bits per heavy atom. The predicted molar refractivity (Wildman–Crippen MR) is 91.3 cm³/mol. The van der Waals surface area contributed by atoms with Crippen LogP contribution in [0.5, 0.6) is 0 Å². The number of aliphatic hydroxyl groups excluding tert-OH is 1. The first-order valence-electron chi connectivity index (χ1n) is 8.13. The summed E-state index contributed by atoms with van der Waals surface area (Å²) in [6.45, 7) is 7.38. The van der Waals surface area contributed by atoms with E-state index in [2.05, 4.69) is 24.5 Å². The van der Waals surface area contributed by atoms with Gasteiger partial charge in [0.25, 0.3) is 0 Å². The standard InChI is InChI=1S/C16H32N2O3.ClH/c1-13(2)10-14(4-9-19)11-18-15(20)16(12-21-3)5-7-17-8-6-16;/h13-14,17,19H,4-12H2,1-3H3,(H,18,20);1H. The Balaban J connectivity index is 0.00000441. The van der Waals surface area contributed by atoms with Crippen molar-refractivity contribution >= 4 is 18.3 Å². The van der Waals surface area contributed by atoms with Crippen molar-refractivity contribution in [1.82, 2.24) is 10.6 Å². The molecule has 6 heteroatoms. The summed E-state index contributed by atoms with van der Waals surface area (Å²) in [6.07, 6.45) is 3.42. The predicted octanol–water partition coefficient (Wildman–Crippen LogP) is 1.59. The number of aliphatic hydroxyl groups is 1. The van der Waals surface area contributed by atoms with E-state index in [1.807, 2.05) is 0 Å². The molecule has 22 heavy (non-hydrogen) atoms. The lowest BCUT2D eigenvalue weighted by atomic mass is 9.78. The van der Waals surface area contributed by atoms with E-state index in [9.17, 15) is 4.79 Å². The van der Waals surface area contributed by atoms with Crippen molar-refractivity contribution in [2.45, 2.75) is 39.5 Å². The third kappa shape index (κ3) is 6.82. The third-order valence-electron chi connectivity index (χ3n) is 4.36. The van der Waals surface area contributed by atoms with Crippen molar-refractivity contribution in [2.24, 2.45) is 17.3 Å². The molecule has 1 saturated heterocycles. The highest BCUT2D eigenvalue weighted by Gasteiger charge is 2.39. The van der Waals surface area contributed by atoms with Crippen molar-refractivity contribution in [3.63, 3.8) is 0 Å². The first kappa shape index (κ1) is 21.6. The molecule has 0 bridgehead atoms. The maximum Gasteiger partial charge on any atom is 0.228 e. The van der Waals surface area contributed by atoms with Crippen molar-refractivity contribution in [3.8, 4) is 0 Å². The number of hydrogen-bond donors (Lipinski definition) is 3. The molecule has 1 fully saturated rings. The minimum atomic E-state index is -0.387. The zero-order chi connectivity index (χ0) is 15.7. The van der Waals surface area contributed by atoms with Gasteiger partial charge in [0.15, 0.2) is 0 Å². The fourth-order valence-electron chi connectivity index (χ4n) is 3.20. The molecule has 0 saturated carbocycles. The van der Waals surface area contributed by atoms with Crippen LogP contribution in [-0.2, 0) is 9.53 Å². The van der Waals surface area contributed by atoms with Crippen LogP contribution in [-0.4, -0.2) is 51.0 Å². The quantitative estimate of drug-likeness (QED) is 0.598. The second-order valence-corrected chi connectivity index (χ2v) is 6.68. The summed E-state index contributed by atoms with van der Waals surface area (Å²) < 4.78 is 5.30. The molecule has 0 aromatic heterocycles. The zero-order valence-electron chi connectivity index (χ0n) is 14.2. The molecule has 1 unspecified atom stereocenters. The molecule has 3 N–H and O–H groups in total. The van der Waals surface area contributed by atoms with Gasteiger partial charge in [-0.25, -0.2) is 0 Å². The van der Waals surface area contributed by atoms with Gasteiger partial charge < -0.3 is 20.5 Å². The van der Waals surface area contributed by atoms with Gasteiger partial charge in [0.05, 0.1) is 12.0 Å². The Bertz CT molecular complexity index is 302. The summed E-state index contributed by atoms with van der Waals surface area (Å²) in [7, 11) is 1.66. The van der Waals surface area contributed by atoms with Crippen LogP contribution in [0, 0.1) is 17.3 Å². The molecule has 1 heterocycles. The van der Waals surface area contributed by atoms with Gasteiger partial charge in [0.2, 0.25) is 5.91 Å². The number of nitrogens with one attached hydrogen (secondary N) is 2. The lowest BCUT2D eigenvalue weighted by molar-refractivity contribution is -0.136. The molecular formula is C16H33ClN2O3. The average Bonchev–Trinajstić information content (AvgIpc) is 2.45. The second kappa shape index (κ2) is 11.2. The van der Waals surface area contributed by atoms with Crippen LogP contribution in [0.25, 0.3) is 0 Å². The second-order valence-electron chi connectivity index (χ2n) is 6.68. The minimum absolute atomic E-state index is 0. The van der Waals surface area contributed by atoms with E-state index in [4.69, 9.17) is 9.84 Å². The van der Waals surface area contributed by atoms with Crippen LogP contribution in [0.15, 0.2) is 0 Å². The first-order chi connectivity index (χ1) is 10.0. The van der Waals surface area contributed by atoms with E-state index in [-0.39, 0.29) is 30.3 Å². The molecule has 0 spiro atoms. The fourth-order valence-corrected chi connectivity index (χ4v) is 3.20. The molecule has 132 valence electrons. The lowest BCUT2D eigenvalue weighted by Crippen LogP contribution is -2.51. The summed E-state index contributed by atoms with van der Waals surface area (Å²) in [6, 6.07) is 0. The van der Waals surface area contributed by atoms with E-state index in [1.165, 1.54) is 0 Å². The minimum Gasteiger partial charge on any atom is -0.396 e. The number of rotatable bonds is 9. The van der Waals surface area contributed by atoms with Crippen LogP contribution in [0.2, 0.25) is 0 Å². The SMILES string of the molecule is COCC1(C(=O)NCC(CCO)CC(C)C)CCNCC1.Cl. The fraction of sp³-hybridized carbons (Fsp3) is 0.938. The molecule has 1 amide bonds. The van der Waals surface area contributed by atoms with Crippen LogP contribution in [0.3, 0.4) is 0 Å². The number of methoxy groups -OCH3 is 1. The van der Waals surface area contributed by atoms with Crippen molar-refractivity contribution in [3.05, 3.63) is 0 Å². The molecule has 0 aromatic rings. The molecule has 1 rings (SSSR count). The number of halogens is 1. The molecule has 1 aliphatic rings. The lowest BCUT2D eigenvalue weighted by Gasteiger charge is -2.36. The van der Waals surface area contributed by atoms with Gasteiger partial charge in [-0.2, -0.15) is 0 Å². The maximum absolute atomic E-state index is 12.6. The highest BCUT2D eigenvalue weighted by Crippen LogP contribution is 2.29. The Morgan fingerprint density at radius 3 is 2.50 bits per heavy atom. The number of amides is 1. The molecule has 5 nitrogen and oxygen atoms in total. The van der Waals surface area contributed by atoms with Crippen LogP contribution in [0.1, 0.15) is 39.5 Å². The summed E-state index contributed by atoms with van der Waals surface area (Å²) >= 11 is 0. The first-order valence-corrected chi connectivity index (χ1v) is 8.13. The van der Waals surface area contributed by atoms with Crippen molar-refractivity contribution in [1.29, 1.82) is 0 Å². The zero-order valence-corrected chi connectivity index (χ0v) is 15.0. The number of carbonyl (C=O) groups excluding carboxylic acids is 1. The number of ether oxygens (including phenoxy) is 1. The maximum atomic E-state index is 12.6. The van der Waals surface area contributed by atoms with E-state index in [0.717, 1.165) is 38.8 Å². The van der Waals surface area contributed by atoms with Gasteiger partial charge in [-0.3, -0.25) is 4.79 Å². The van der Waals surface area contributed by atoms with E-state index in [0.29, 0.717) is 25.0 Å². The third-order valence-corrected chi connectivity index (χ3v) is 4.36. The number of carbonyl (C=O) groups is 1. The summed E-state index contributed by atoms with van der Waals surface area (Å²) in [4.78, 5) is 12.6. The van der Waals surface area contributed by atoms with Gasteiger partial charge in [-0.05, 0) is 50.6 Å².